The van der Waals surface area contributed by atoms with Crippen LogP contribution in [0, 0.1) is 0 Å². The van der Waals surface area contributed by atoms with Gasteiger partial charge in [0.2, 0.25) is 0 Å². The van der Waals surface area contributed by atoms with Gasteiger partial charge in [0.05, 0.1) is 18.8 Å². The summed E-state index contributed by atoms with van der Waals surface area (Å²) in [6.45, 7) is 4.39. The lowest BCUT2D eigenvalue weighted by atomic mass is 9.88. The van der Waals surface area contributed by atoms with Crippen LogP contribution in [0.1, 0.15) is 43.0 Å². The molecule has 0 aliphatic carbocycles. The minimum atomic E-state index is 0.317. The SMILES string of the molecule is COc1ccc2[nH]cc(C3CCN(C(C)c4cnccn4)CC3)c2c1. The normalized spacial score (nSPS) is 17.7. The highest BCUT2D eigenvalue weighted by molar-refractivity contribution is 5.85. The van der Waals surface area contributed by atoms with Gasteiger partial charge in [-0.15, -0.1) is 0 Å². The average molecular weight is 336 g/mol. The Morgan fingerprint density at radius 1 is 1.24 bits per heavy atom. The van der Waals surface area contributed by atoms with E-state index in [-0.39, 0.29) is 0 Å². The molecule has 0 radical (unpaired) electrons. The number of hydrogen-bond acceptors (Lipinski definition) is 4. The molecule has 130 valence electrons. The van der Waals surface area contributed by atoms with Crippen molar-refractivity contribution in [2.75, 3.05) is 20.2 Å². The minimum Gasteiger partial charge on any atom is -0.497 e. The van der Waals surface area contributed by atoms with Crippen LogP contribution in [0.15, 0.2) is 43.0 Å². The summed E-state index contributed by atoms with van der Waals surface area (Å²) in [7, 11) is 1.72. The standard InChI is InChI=1S/C20H24N4O/c1-14(20-13-21-7-8-22-20)24-9-5-15(6-10-24)18-12-23-19-4-3-16(25-2)11-17(18)19/h3-4,7-8,11-15,23H,5-6,9-10H2,1-2H3. The number of fused-ring (bicyclic) bond motifs is 1. The fraction of sp³-hybridized carbons (Fsp3) is 0.400. The molecule has 5 nitrogen and oxygen atoms in total. The van der Waals surface area contributed by atoms with Gasteiger partial charge in [0.1, 0.15) is 5.75 Å². The van der Waals surface area contributed by atoms with E-state index in [1.165, 1.54) is 16.5 Å². The number of ether oxygens (including phenoxy) is 1. The Kier molecular flexibility index (Phi) is 4.40. The molecule has 25 heavy (non-hydrogen) atoms. The maximum absolute atomic E-state index is 5.40. The first-order valence-corrected chi connectivity index (χ1v) is 8.91. The number of piperidine rings is 1. The van der Waals surface area contributed by atoms with E-state index in [4.69, 9.17) is 4.74 Å². The predicted molar refractivity (Wildman–Crippen MR) is 98.8 cm³/mol. The van der Waals surface area contributed by atoms with Crippen LogP contribution in [0.3, 0.4) is 0 Å². The summed E-state index contributed by atoms with van der Waals surface area (Å²) in [5.74, 6) is 1.51. The van der Waals surface area contributed by atoms with Gasteiger partial charge in [0.15, 0.2) is 0 Å². The molecule has 1 aliphatic rings. The molecule has 5 heteroatoms. The van der Waals surface area contributed by atoms with Gasteiger partial charge in [-0.1, -0.05) is 0 Å². The molecule has 2 aromatic heterocycles. The number of aromatic nitrogens is 3. The number of benzene rings is 1. The van der Waals surface area contributed by atoms with Gasteiger partial charge in [0, 0.05) is 35.7 Å². The zero-order valence-electron chi connectivity index (χ0n) is 14.8. The van der Waals surface area contributed by atoms with Crippen molar-refractivity contribution < 1.29 is 4.74 Å². The van der Waals surface area contributed by atoms with Crippen LogP contribution in [0.2, 0.25) is 0 Å². The van der Waals surface area contributed by atoms with Gasteiger partial charge in [0.25, 0.3) is 0 Å². The van der Waals surface area contributed by atoms with E-state index in [1.807, 2.05) is 12.3 Å². The number of aromatic amines is 1. The number of hydrogen-bond donors (Lipinski definition) is 1. The Labute approximate surface area is 148 Å². The third-order valence-electron chi connectivity index (χ3n) is 5.45. The van der Waals surface area contributed by atoms with Crippen molar-refractivity contribution in [1.82, 2.24) is 19.9 Å². The smallest absolute Gasteiger partial charge is 0.119 e. The van der Waals surface area contributed by atoms with Crippen molar-refractivity contribution in [3.63, 3.8) is 0 Å². The quantitative estimate of drug-likeness (QED) is 0.785. The van der Waals surface area contributed by atoms with Crippen LogP contribution < -0.4 is 4.74 Å². The van der Waals surface area contributed by atoms with Crippen LogP contribution in [0.5, 0.6) is 5.75 Å². The van der Waals surface area contributed by atoms with Crippen molar-refractivity contribution in [3.05, 3.63) is 54.2 Å². The second-order valence-corrected chi connectivity index (χ2v) is 6.77. The van der Waals surface area contributed by atoms with Crippen LogP contribution in [0.4, 0.5) is 0 Å². The predicted octanol–water partition coefficient (Wildman–Crippen LogP) is 3.91. The Bertz CT molecular complexity index is 837. The van der Waals surface area contributed by atoms with Crippen molar-refractivity contribution >= 4 is 10.9 Å². The summed E-state index contributed by atoms with van der Waals surface area (Å²) in [5.41, 5.74) is 3.66. The van der Waals surface area contributed by atoms with Crippen LogP contribution in [-0.2, 0) is 0 Å². The molecule has 0 spiro atoms. The molecule has 1 N–H and O–H groups in total. The Morgan fingerprint density at radius 2 is 2.08 bits per heavy atom. The summed E-state index contributed by atoms with van der Waals surface area (Å²) in [5, 5.41) is 1.29. The zero-order valence-corrected chi connectivity index (χ0v) is 14.8. The number of methoxy groups -OCH3 is 1. The lowest BCUT2D eigenvalue weighted by Gasteiger charge is -2.35. The van der Waals surface area contributed by atoms with Crippen LogP contribution in [-0.4, -0.2) is 40.1 Å². The van der Waals surface area contributed by atoms with E-state index in [0.717, 1.165) is 37.4 Å². The van der Waals surface area contributed by atoms with Crippen molar-refractivity contribution in [2.45, 2.75) is 31.7 Å². The van der Waals surface area contributed by atoms with E-state index in [2.05, 4.69) is 45.1 Å². The number of H-pyrrole nitrogens is 1. The molecule has 0 amide bonds. The van der Waals surface area contributed by atoms with E-state index in [1.54, 1.807) is 19.5 Å². The second-order valence-electron chi connectivity index (χ2n) is 6.77. The molecule has 0 bridgehead atoms. The molecule has 0 saturated carbocycles. The molecule has 1 unspecified atom stereocenters. The number of nitrogens with zero attached hydrogens (tertiary/aromatic N) is 3. The first-order valence-electron chi connectivity index (χ1n) is 8.91. The van der Waals surface area contributed by atoms with Gasteiger partial charge in [-0.05, 0) is 62.5 Å². The summed E-state index contributed by atoms with van der Waals surface area (Å²) in [6.07, 6.45) is 9.88. The monoisotopic (exact) mass is 336 g/mol. The number of nitrogens with one attached hydrogen (secondary N) is 1. The van der Waals surface area contributed by atoms with E-state index in [0.29, 0.717) is 12.0 Å². The molecule has 1 atom stereocenters. The average Bonchev–Trinajstić information content (AvgIpc) is 3.11. The maximum Gasteiger partial charge on any atom is 0.119 e. The van der Waals surface area contributed by atoms with Crippen molar-refractivity contribution in [1.29, 1.82) is 0 Å². The molecule has 1 fully saturated rings. The van der Waals surface area contributed by atoms with Crippen LogP contribution in [0.25, 0.3) is 10.9 Å². The Balaban J connectivity index is 1.49. The first-order chi connectivity index (χ1) is 12.3. The topological polar surface area (TPSA) is 54.0 Å². The fourth-order valence-corrected chi connectivity index (χ4v) is 3.90. The lowest BCUT2D eigenvalue weighted by Crippen LogP contribution is -2.35. The summed E-state index contributed by atoms with van der Waals surface area (Å²) >= 11 is 0. The molecule has 3 heterocycles. The van der Waals surface area contributed by atoms with Gasteiger partial charge in [-0.3, -0.25) is 14.9 Å². The minimum absolute atomic E-state index is 0.317. The molecular weight excluding hydrogens is 312 g/mol. The number of likely N-dealkylation sites (tertiary alicyclic amines) is 1. The first kappa shape index (κ1) is 16.1. The molecule has 1 saturated heterocycles. The lowest BCUT2D eigenvalue weighted by molar-refractivity contribution is 0.160. The summed E-state index contributed by atoms with van der Waals surface area (Å²) in [4.78, 5) is 14.6. The van der Waals surface area contributed by atoms with Crippen LogP contribution >= 0.6 is 0 Å². The Hall–Kier alpha value is -2.40. The molecule has 4 rings (SSSR count). The van der Waals surface area contributed by atoms with Crippen molar-refractivity contribution in [3.8, 4) is 5.75 Å². The fourth-order valence-electron chi connectivity index (χ4n) is 3.90. The third-order valence-corrected chi connectivity index (χ3v) is 5.45. The summed E-state index contributed by atoms with van der Waals surface area (Å²) < 4.78 is 5.40. The highest BCUT2D eigenvalue weighted by Crippen LogP contribution is 2.36. The maximum atomic E-state index is 5.40. The Morgan fingerprint density at radius 3 is 2.80 bits per heavy atom. The van der Waals surface area contributed by atoms with E-state index >= 15 is 0 Å². The molecule has 1 aliphatic heterocycles. The van der Waals surface area contributed by atoms with E-state index < -0.39 is 0 Å². The highest BCUT2D eigenvalue weighted by atomic mass is 16.5. The van der Waals surface area contributed by atoms with Gasteiger partial charge in [-0.25, -0.2) is 0 Å². The third kappa shape index (κ3) is 3.12. The van der Waals surface area contributed by atoms with Gasteiger partial charge in [-0.2, -0.15) is 0 Å². The molecule has 1 aromatic carbocycles. The summed E-state index contributed by atoms with van der Waals surface area (Å²) in [6, 6.07) is 6.57. The van der Waals surface area contributed by atoms with Crippen molar-refractivity contribution in [2.24, 2.45) is 0 Å². The second kappa shape index (κ2) is 6.84. The highest BCUT2D eigenvalue weighted by Gasteiger charge is 2.26. The molecule has 3 aromatic rings. The van der Waals surface area contributed by atoms with Gasteiger partial charge >= 0.3 is 0 Å². The molecular formula is C20H24N4O. The van der Waals surface area contributed by atoms with Gasteiger partial charge < -0.3 is 9.72 Å². The zero-order chi connectivity index (χ0) is 17.2. The largest absolute Gasteiger partial charge is 0.497 e. The number of rotatable bonds is 4. The van der Waals surface area contributed by atoms with E-state index in [9.17, 15) is 0 Å².